The van der Waals surface area contributed by atoms with Gasteiger partial charge < -0.3 is 8.97 Å². The lowest BCUT2D eigenvalue weighted by atomic mass is 11.0. The fraction of sp³-hybridized carbons (Fsp3) is 0. The summed E-state index contributed by atoms with van der Waals surface area (Å²) in [5.74, 6) is -0.729. The molecule has 0 saturated heterocycles. The summed E-state index contributed by atoms with van der Waals surface area (Å²) in [5, 5.41) is -0.125. The van der Waals surface area contributed by atoms with E-state index in [1.807, 2.05) is 4.98 Å². The molecule has 0 aromatic carbocycles. The van der Waals surface area contributed by atoms with Gasteiger partial charge in [0.15, 0.2) is 5.03 Å². The number of hydrogen-bond acceptors (Lipinski definition) is 3. The Bertz CT molecular complexity index is 273. The zero-order valence-corrected chi connectivity index (χ0v) is 4.97. The predicted molar refractivity (Wildman–Crippen MR) is 28.4 cm³/mol. The lowest BCUT2D eigenvalue weighted by molar-refractivity contribution is 0.512. The van der Waals surface area contributed by atoms with Crippen LogP contribution in [0, 0.1) is 0 Å². The lowest BCUT2D eigenvalue weighted by Gasteiger charge is -1.78. The Morgan fingerprint density at radius 2 is 2.44 bits per heavy atom. The molecule has 50 valence electrons. The third kappa shape index (κ3) is 1.27. The van der Waals surface area contributed by atoms with Crippen LogP contribution >= 0.6 is 0 Å². The summed E-state index contributed by atoms with van der Waals surface area (Å²) < 4.78 is 22.5. The molecule has 0 fully saturated rings. The highest BCUT2D eigenvalue weighted by Gasteiger charge is 2.01. The summed E-state index contributed by atoms with van der Waals surface area (Å²) in [6.45, 7) is 0. The number of rotatable bonds is 1. The quantitative estimate of drug-likeness (QED) is 0.529. The number of oxazole rings is 1. The van der Waals surface area contributed by atoms with Crippen LogP contribution in [0.25, 0.3) is 0 Å². The van der Waals surface area contributed by atoms with Crippen molar-refractivity contribution in [3.8, 4) is 0 Å². The molecule has 9 heavy (non-hydrogen) atoms. The first-order chi connectivity index (χ1) is 4.20. The van der Waals surface area contributed by atoms with Crippen molar-refractivity contribution in [3.63, 3.8) is 0 Å². The van der Waals surface area contributed by atoms with Crippen LogP contribution in [-0.2, 0) is 11.1 Å². The van der Waals surface area contributed by atoms with E-state index in [1.165, 1.54) is 0 Å². The fourth-order valence-electron chi connectivity index (χ4n) is 0.351. The van der Waals surface area contributed by atoms with Gasteiger partial charge in [0.05, 0.1) is 0 Å². The first kappa shape index (κ1) is 6.24. The molecule has 1 aromatic rings. The molecule has 0 aliphatic carbocycles. The van der Waals surface area contributed by atoms with E-state index in [0.717, 1.165) is 6.26 Å². The van der Waals surface area contributed by atoms with Crippen molar-refractivity contribution >= 4 is 11.1 Å². The van der Waals surface area contributed by atoms with Crippen molar-refractivity contribution in [3.05, 3.63) is 16.8 Å². The average molecular weight is 149 g/mol. The number of hydrogen-bond donors (Lipinski definition) is 2. The second-order valence-corrected chi connectivity index (χ2v) is 2.20. The van der Waals surface area contributed by atoms with Crippen LogP contribution in [0.3, 0.4) is 0 Å². The molecule has 1 heterocycles. The van der Waals surface area contributed by atoms with Gasteiger partial charge in [-0.15, -0.1) is 0 Å². The largest absolute Gasteiger partial charge is 0.417 e. The van der Waals surface area contributed by atoms with E-state index in [4.69, 9.17) is 4.55 Å². The van der Waals surface area contributed by atoms with Gasteiger partial charge in [0, 0.05) is 0 Å². The van der Waals surface area contributed by atoms with E-state index in [1.54, 1.807) is 0 Å². The normalized spacial score (nSPS) is 13.4. The van der Waals surface area contributed by atoms with E-state index in [0.29, 0.717) is 0 Å². The smallest absolute Gasteiger partial charge is 0.415 e. The molecule has 2 N–H and O–H groups in total. The van der Waals surface area contributed by atoms with E-state index in [9.17, 15) is 9.00 Å². The molecule has 0 radical (unpaired) electrons. The summed E-state index contributed by atoms with van der Waals surface area (Å²) in [6.07, 6.45) is 0.901. The van der Waals surface area contributed by atoms with Gasteiger partial charge >= 0.3 is 5.76 Å². The summed E-state index contributed by atoms with van der Waals surface area (Å²) in [6, 6.07) is 0. The highest BCUT2D eigenvalue weighted by molar-refractivity contribution is 7.79. The minimum atomic E-state index is -2.16. The van der Waals surface area contributed by atoms with Crippen LogP contribution in [0.15, 0.2) is 20.5 Å². The zero-order chi connectivity index (χ0) is 6.85. The topological polar surface area (TPSA) is 83.3 Å². The van der Waals surface area contributed by atoms with Gasteiger partial charge in [-0.05, 0) is 0 Å². The van der Waals surface area contributed by atoms with Crippen molar-refractivity contribution in [1.82, 2.24) is 4.98 Å². The molecule has 1 aromatic heterocycles. The Kier molecular flexibility index (Phi) is 1.50. The molecule has 0 aliphatic heterocycles. The number of nitrogens with one attached hydrogen (secondary N) is 1. The maximum Gasteiger partial charge on any atom is 0.417 e. The number of H-pyrrole nitrogens is 1. The fourth-order valence-corrected chi connectivity index (χ4v) is 0.652. The lowest BCUT2D eigenvalue weighted by Crippen LogP contribution is -1.97. The molecule has 0 aliphatic rings. The second-order valence-electron chi connectivity index (χ2n) is 1.26. The molecule has 0 amide bonds. The minimum absolute atomic E-state index is 0.125. The maximum atomic E-state index is 10.1. The van der Waals surface area contributed by atoms with Crippen molar-refractivity contribution in [2.24, 2.45) is 0 Å². The number of aromatic nitrogens is 1. The molecule has 5 nitrogen and oxygen atoms in total. The second kappa shape index (κ2) is 2.16. The predicted octanol–water partition coefficient (Wildman–Crippen LogP) is -0.452. The van der Waals surface area contributed by atoms with Crippen molar-refractivity contribution < 1.29 is 13.2 Å². The Hall–Kier alpha value is -0.880. The monoisotopic (exact) mass is 149 g/mol. The maximum absolute atomic E-state index is 10.1. The summed E-state index contributed by atoms with van der Waals surface area (Å²) in [4.78, 5) is 12.1. The SMILES string of the molecule is O=c1[nH]c(S(=O)O)co1. The molecule has 0 spiro atoms. The molecule has 1 unspecified atom stereocenters. The molecular formula is C3H3NO4S. The molecule has 1 rings (SSSR count). The van der Waals surface area contributed by atoms with E-state index in [2.05, 4.69) is 4.42 Å². The van der Waals surface area contributed by atoms with Gasteiger partial charge in [-0.2, -0.15) is 0 Å². The standard InChI is InChI=1S/C3H3NO4S/c5-3-4-2(1-8-3)9(6)7/h1H,(H,4,5)(H,6,7). The number of aromatic amines is 1. The van der Waals surface area contributed by atoms with Gasteiger partial charge in [-0.3, -0.25) is 4.98 Å². The van der Waals surface area contributed by atoms with Gasteiger partial charge in [-0.25, -0.2) is 9.00 Å². The summed E-state index contributed by atoms with van der Waals surface area (Å²) in [5.41, 5.74) is 0. The van der Waals surface area contributed by atoms with Crippen LogP contribution in [0.1, 0.15) is 0 Å². The zero-order valence-electron chi connectivity index (χ0n) is 4.16. The third-order valence-electron chi connectivity index (χ3n) is 0.686. The Balaban J connectivity index is 3.12. The van der Waals surface area contributed by atoms with Crippen LogP contribution < -0.4 is 5.76 Å². The third-order valence-corrected chi connectivity index (χ3v) is 1.26. The average Bonchev–Trinajstić information content (AvgIpc) is 2.14. The molecule has 6 heteroatoms. The molecule has 0 saturated carbocycles. The minimum Gasteiger partial charge on any atom is -0.415 e. The van der Waals surface area contributed by atoms with E-state index < -0.39 is 16.8 Å². The Labute approximate surface area is 52.0 Å². The first-order valence-corrected chi connectivity index (χ1v) is 3.09. The summed E-state index contributed by atoms with van der Waals surface area (Å²) >= 11 is -2.16. The van der Waals surface area contributed by atoms with Crippen molar-refractivity contribution in [1.29, 1.82) is 0 Å². The van der Waals surface area contributed by atoms with E-state index >= 15 is 0 Å². The van der Waals surface area contributed by atoms with Gasteiger partial charge in [0.1, 0.15) is 6.26 Å². The summed E-state index contributed by atoms with van der Waals surface area (Å²) in [7, 11) is 0. The molecule has 1 atom stereocenters. The van der Waals surface area contributed by atoms with Crippen molar-refractivity contribution in [2.45, 2.75) is 5.03 Å². The molecular weight excluding hydrogens is 146 g/mol. The van der Waals surface area contributed by atoms with E-state index in [-0.39, 0.29) is 5.03 Å². The first-order valence-electron chi connectivity index (χ1n) is 1.99. The van der Waals surface area contributed by atoms with Crippen LogP contribution in [-0.4, -0.2) is 13.7 Å². The van der Waals surface area contributed by atoms with Crippen LogP contribution in [0.5, 0.6) is 0 Å². The Morgan fingerprint density at radius 3 is 2.67 bits per heavy atom. The van der Waals surface area contributed by atoms with Gasteiger partial charge in [0.2, 0.25) is 11.1 Å². The Morgan fingerprint density at radius 1 is 1.78 bits per heavy atom. The van der Waals surface area contributed by atoms with Crippen molar-refractivity contribution in [2.75, 3.05) is 0 Å². The highest BCUT2D eigenvalue weighted by Crippen LogP contribution is 1.93. The molecule has 0 bridgehead atoms. The van der Waals surface area contributed by atoms with Gasteiger partial charge in [-0.1, -0.05) is 0 Å². The van der Waals surface area contributed by atoms with Crippen LogP contribution in [0.2, 0.25) is 0 Å². The highest BCUT2D eigenvalue weighted by atomic mass is 32.2. The van der Waals surface area contributed by atoms with Gasteiger partial charge in [0.25, 0.3) is 0 Å². The van der Waals surface area contributed by atoms with Crippen LogP contribution in [0.4, 0.5) is 0 Å².